The Balaban J connectivity index is 2.32. The Morgan fingerprint density at radius 2 is 1.89 bits per heavy atom. The topological polar surface area (TPSA) is 46.3 Å². The van der Waals surface area contributed by atoms with Gasteiger partial charge in [0.1, 0.15) is 0 Å². The molecule has 0 aliphatic rings. The first-order chi connectivity index (χ1) is 8.59. The molecule has 0 heterocycles. The summed E-state index contributed by atoms with van der Waals surface area (Å²) in [4.78, 5) is 13.9. The summed E-state index contributed by atoms with van der Waals surface area (Å²) in [5.41, 5.74) is 7.85. The van der Waals surface area contributed by atoms with Gasteiger partial charge in [0.05, 0.1) is 11.4 Å². The first kappa shape index (κ1) is 12.9. The fraction of sp³-hybridized carbons (Fsp3) is 0.0714. The number of halogens is 1. The summed E-state index contributed by atoms with van der Waals surface area (Å²) in [6.45, 7) is 0. The van der Waals surface area contributed by atoms with E-state index in [0.29, 0.717) is 11.3 Å². The third kappa shape index (κ3) is 2.64. The monoisotopic (exact) mass is 352 g/mol. The summed E-state index contributed by atoms with van der Waals surface area (Å²) >= 11 is 2.19. The van der Waals surface area contributed by atoms with Crippen molar-refractivity contribution in [3.8, 4) is 0 Å². The van der Waals surface area contributed by atoms with Gasteiger partial charge < -0.3 is 10.6 Å². The molecule has 0 aliphatic carbocycles. The minimum absolute atomic E-state index is 0.0635. The third-order valence-electron chi connectivity index (χ3n) is 2.67. The number of nitrogens with zero attached hydrogens (tertiary/aromatic N) is 1. The van der Waals surface area contributed by atoms with E-state index in [9.17, 15) is 4.79 Å². The lowest BCUT2D eigenvalue weighted by Gasteiger charge is -2.19. The largest absolute Gasteiger partial charge is 0.397 e. The van der Waals surface area contributed by atoms with Crippen LogP contribution in [0.1, 0.15) is 10.4 Å². The number of hydrogen-bond acceptors (Lipinski definition) is 2. The first-order valence-electron chi connectivity index (χ1n) is 5.47. The summed E-state index contributed by atoms with van der Waals surface area (Å²) in [5.74, 6) is -0.0635. The molecule has 0 aromatic heterocycles. The zero-order valence-electron chi connectivity index (χ0n) is 9.93. The number of amides is 1. The Hall–Kier alpha value is -1.56. The number of carbonyl (C=O) groups is 1. The van der Waals surface area contributed by atoms with Gasteiger partial charge >= 0.3 is 0 Å². The number of para-hydroxylation sites is 2. The summed E-state index contributed by atoms with van der Waals surface area (Å²) in [7, 11) is 1.73. The van der Waals surface area contributed by atoms with Crippen LogP contribution >= 0.6 is 22.6 Å². The molecule has 0 aliphatic heterocycles. The number of anilines is 2. The van der Waals surface area contributed by atoms with E-state index < -0.39 is 0 Å². The van der Waals surface area contributed by atoms with Gasteiger partial charge in [-0.25, -0.2) is 0 Å². The van der Waals surface area contributed by atoms with Crippen LogP contribution in [-0.4, -0.2) is 13.0 Å². The van der Waals surface area contributed by atoms with Crippen LogP contribution in [0.15, 0.2) is 48.5 Å². The van der Waals surface area contributed by atoms with Crippen LogP contribution in [0.4, 0.5) is 11.4 Å². The van der Waals surface area contributed by atoms with Crippen LogP contribution in [0.5, 0.6) is 0 Å². The number of rotatable bonds is 2. The van der Waals surface area contributed by atoms with Crippen molar-refractivity contribution >= 4 is 39.9 Å². The van der Waals surface area contributed by atoms with E-state index >= 15 is 0 Å². The SMILES string of the molecule is CN(C(=O)c1cccc(I)c1)c1ccccc1N. The molecule has 2 aromatic carbocycles. The van der Waals surface area contributed by atoms with Crippen LogP contribution in [0.2, 0.25) is 0 Å². The molecule has 2 N–H and O–H groups in total. The maximum Gasteiger partial charge on any atom is 0.258 e. The summed E-state index contributed by atoms with van der Waals surface area (Å²) in [5, 5.41) is 0. The molecule has 1 amide bonds. The van der Waals surface area contributed by atoms with E-state index in [1.807, 2.05) is 36.4 Å². The molecule has 92 valence electrons. The van der Waals surface area contributed by atoms with Gasteiger partial charge in [0.2, 0.25) is 0 Å². The molecule has 0 spiro atoms. The molecule has 0 unspecified atom stereocenters. The van der Waals surface area contributed by atoms with E-state index in [1.54, 1.807) is 24.1 Å². The van der Waals surface area contributed by atoms with E-state index in [-0.39, 0.29) is 5.91 Å². The van der Waals surface area contributed by atoms with Gasteiger partial charge in [-0.15, -0.1) is 0 Å². The van der Waals surface area contributed by atoms with E-state index in [4.69, 9.17) is 5.73 Å². The molecule has 3 nitrogen and oxygen atoms in total. The molecule has 2 rings (SSSR count). The van der Waals surface area contributed by atoms with Gasteiger partial charge in [-0.1, -0.05) is 18.2 Å². The van der Waals surface area contributed by atoms with Gasteiger partial charge in [-0.3, -0.25) is 4.79 Å². The fourth-order valence-corrected chi connectivity index (χ4v) is 2.26. The predicted octanol–water partition coefficient (Wildman–Crippen LogP) is 3.15. The van der Waals surface area contributed by atoms with Gasteiger partial charge in [0.15, 0.2) is 0 Å². The molecule has 0 saturated heterocycles. The van der Waals surface area contributed by atoms with Crippen molar-refractivity contribution in [3.63, 3.8) is 0 Å². The van der Waals surface area contributed by atoms with Gasteiger partial charge in [-0.05, 0) is 52.9 Å². The Kier molecular flexibility index (Phi) is 3.86. The molecule has 0 radical (unpaired) electrons. The highest BCUT2D eigenvalue weighted by Gasteiger charge is 2.15. The smallest absolute Gasteiger partial charge is 0.258 e. The quantitative estimate of drug-likeness (QED) is 0.667. The number of benzene rings is 2. The fourth-order valence-electron chi connectivity index (χ4n) is 1.72. The average molecular weight is 352 g/mol. The molecule has 0 atom stereocenters. The molecular formula is C14H13IN2O. The van der Waals surface area contributed by atoms with Crippen LogP contribution < -0.4 is 10.6 Å². The van der Waals surface area contributed by atoms with Gasteiger partial charge in [0.25, 0.3) is 5.91 Å². The second-order valence-corrected chi connectivity index (χ2v) is 5.18. The zero-order valence-corrected chi connectivity index (χ0v) is 12.1. The normalized spacial score (nSPS) is 10.1. The Morgan fingerprint density at radius 1 is 1.17 bits per heavy atom. The number of carbonyl (C=O) groups excluding carboxylic acids is 1. The molecule has 0 fully saturated rings. The van der Waals surface area contributed by atoms with Crippen molar-refractivity contribution < 1.29 is 4.79 Å². The first-order valence-corrected chi connectivity index (χ1v) is 6.55. The summed E-state index contributed by atoms with van der Waals surface area (Å²) in [6, 6.07) is 14.8. The van der Waals surface area contributed by atoms with Crippen LogP contribution in [-0.2, 0) is 0 Å². The molecule has 0 saturated carbocycles. The maximum absolute atomic E-state index is 12.3. The lowest BCUT2D eigenvalue weighted by Crippen LogP contribution is -2.27. The predicted molar refractivity (Wildman–Crippen MR) is 82.7 cm³/mol. The Bertz CT molecular complexity index is 584. The standard InChI is InChI=1S/C14H13IN2O/c1-17(13-8-3-2-7-12(13)16)14(18)10-5-4-6-11(15)9-10/h2-9H,16H2,1H3. The highest BCUT2D eigenvalue weighted by Crippen LogP contribution is 2.23. The molecule has 2 aromatic rings. The minimum atomic E-state index is -0.0635. The van der Waals surface area contributed by atoms with E-state index in [2.05, 4.69) is 22.6 Å². The number of nitrogens with two attached hydrogens (primary N) is 1. The van der Waals surface area contributed by atoms with E-state index in [1.165, 1.54) is 0 Å². The minimum Gasteiger partial charge on any atom is -0.397 e. The summed E-state index contributed by atoms with van der Waals surface area (Å²) in [6.07, 6.45) is 0. The molecular weight excluding hydrogens is 339 g/mol. The Labute approximate surface area is 120 Å². The third-order valence-corrected chi connectivity index (χ3v) is 3.35. The molecule has 0 bridgehead atoms. The van der Waals surface area contributed by atoms with Crippen molar-refractivity contribution in [1.82, 2.24) is 0 Å². The Morgan fingerprint density at radius 3 is 2.56 bits per heavy atom. The zero-order chi connectivity index (χ0) is 13.1. The van der Waals surface area contributed by atoms with Crippen molar-refractivity contribution in [2.24, 2.45) is 0 Å². The van der Waals surface area contributed by atoms with Crippen molar-refractivity contribution in [2.75, 3.05) is 17.7 Å². The highest BCUT2D eigenvalue weighted by atomic mass is 127. The van der Waals surface area contributed by atoms with Gasteiger partial charge in [0, 0.05) is 16.2 Å². The van der Waals surface area contributed by atoms with E-state index in [0.717, 1.165) is 9.26 Å². The average Bonchev–Trinajstić information content (AvgIpc) is 2.37. The summed E-state index contributed by atoms with van der Waals surface area (Å²) < 4.78 is 1.04. The van der Waals surface area contributed by atoms with Gasteiger partial charge in [-0.2, -0.15) is 0 Å². The maximum atomic E-state index is 12.3. The number of nitrogen functional groups attached to an aromatic ring is 1. The second kappa shape index (κ2) is 5.39. The second-order valence-electron chi connectivity index (χ2n) is 3.93. The number of hydrogen-bond donors (Lipinski definition) is 1. The lowest BCUT2D eigenvalue weighted by atomic mass is 10.2. The van der Waals surface area contributed by atoms with Crippen LogP contribution in [0.3, 0.4) is 0 Å². The van der Waals surface area contributed by atoms with Crippen LogP contribution in [0, 0.1) is 3.57 Å². The van der Waals surface area contributed by atoms with Crippen molar-refractivity contribution in [1.29, 1.82) is 0 Å². The molecule has 4 heteroatoms. The van der Waals surface area contributed by atoms with Crippen molar-refractivity contribution in [2.45, 2.75) is 0 Å². The highest BCUT2D eigenvalue weighted by molar-refractivity contribution is 14.1. The molecule has 18 heavy (non-hydrogen) atoms. The van der Waals surface area contributed by atoms with Crippen molar-refractivity contribution in [3.05, 3.63) is 57.7 Å². The lowest BCUT2D eigenvalue weighted by molar-refractivity contribution is 0.0993. The van der Waals surface area contributed by atoms with Crippen LogP contribution in [0.25, 0.3) is 0 Å².